The zero-order valence-corrected chi connectivity index (χ0v) is 12.9. The fourth-order valence-electron chi connectivity index (χ4n) is 2.50. The Morgan fingerprint density at radius 2 is 2.00 bits per heavy atom. The molecule has 0 amide bonds. The average Bonchev–Trinajstić information content (AvgIpc) is 2.89. The van der Waals surface area contributed by atoms with Crippen LogP contribution in [0.15, 0.2) is 12.1 Å². The number of aliphatic hydroxyl groups excluding tert-OH is 3. The highest BCUT2D eigenvalue weighted by molar-refractivity contribution is 7.71. The van der Waals surface area contributed by atoms with Crippen molar-refractivity contribution in [1.29, 1.82) is 0 Å². The van der Waals surface area contributed by atoms with E-state index in [2.05, 4.69) is 4.98 Å². The van der Waals surface area contributed by atoms with Gasteiger partial charge >= 0.3 is 0 Å². The van der Waals surface area contributed by atoms with E-state index in [0.29, 0.717) is 21.1 Å². The van der Waals surface area contributed by atoms with Gasteiger partial charge in [0.05, 0.1) is 22.7 Å². The van der Waals surface area contributed by atoms with Gasteiger partial charge in [-0.25, -0.2) is 0 Å². The number of nitrogens with zero attached hydrogens (tertiary/aromatic N) is 1. The van der Waals surface area contributed by atoms with Crippen LogP contribution in [-0.2, 0) is 4.74 Å². The minimum Gasteiger partial charge on any atom is -0.394 e. The first kappa shape index (κ1) is 15.2. The third kappa shape index (κ3) is 2.39. The van der Waals surface area contributed by atoms with E-state index >= 15 is 0 Å². The van der Waals surface area contributed by atoms with Gasteiger partial charge in [-0.2, -0.15) is 0 Å². The molecule has 4 atom stereocenters. The lowest BCUT2D eigenvalue weighted by Crippen LogP contribution is -2.33. The van der Waals surface area contributed by atoms with Gasteiger partial charge < -0.3 is 25.0 Å². The van der Waals surface area contributed by atoms with Crippen LogP contribution in [0.3, 0.4) is 0 Å². The number of halogens is 2. The Morgan fingerprint density at radius 1 is 1.29 bits per heavy atom. The molecule has 4 N–H and O–H groups in total. The Hall–Kier alpha value is -0.670. The molecule has 1 aromatic heterocycles. The first-order valence-electron chi connectivity index (χ1n) is 6.15. The predicted octanol–water partition coefficient (Wildman–Crippen LogP) is 1.62. The van der Waals surface area contributed by atoms with Crippen LogP contribution in [0.2, 0.25) is 10.0 Å². The van der Waals surface area contributed by atoms with Crippen molar-refractivity contribution in [1.82, 2.24) is 9.55 Å². The summed E-state index contributed by atoms with van der Waals surface area (Å²) in [5, 5.41) is 29.9. The van der Waals surface area contributed by atoms with Crippen LogP contribution in [0.5, 0.6) is 0 Å². The summed E-state index contributed by atoms with van der Waals surface area (Å²) in [5.74, 6) is 0. The number of rotatable bonds is 2. The molecule has 6 nitrogen and oxygen atoms in total. The number of H-pyrrole nitrogens is 1. The monoisotopic (exact) mass is 350 g/mol. The maximum Gasteiger partial charge on any atom is 0.180 e. The van der Waals surface area contributed by atoms with Gasteiger partial charge in [-0.3, -0.25) is 4.57 Å². The summed E-state index contributed by atoms with van der Waals surface area (Å²) in [6.07, 6.45) is -4.26. The topological polar surface area (TPSA) is 90.6 Å². The van der Waals surface area contributed by atoms with Crippen molar-refractivity contribution in [2.24, 2.45) is 0 Å². The summed E-state index contributed by atoms with van der Waals surface area (Å²) in [4.78, 5) is 2.92. The smallest absolute Gasteiger partial charge is 0.180 e. The molecule has 2 heterocycles. The molecule has 0 saturated carbocycles. The molecule has 1 aliphatic heterocycles. The zero-order valence-electron chi connectivity index (χ0n) is 10.5. The van der Waals surface area contributed by atoms with Gasteiger partial charge in [0.1, 0.15) is 18.3 Å². The minimum atomic E-state index is -1.23. The largest absolute Gasteiger partial charge is 0.394 e. The second-order valence-electron chi connectivity index (χ2n) is 4.81. The molecule has 114 valence electrons. The summed E-state index contributed by atoms with van der Waals surface area (Å²) in [6.45, 7) is -0.411. The van der Waals surface area contributed by atoms with Gasteiger partial charge in [-0.1, -0.05) is 23.2 Å². The Labute approximate surface area is 134 Å². The summed E-state index contributed by atoms with van der Waals surface area (Å²) < 4.78 is 7.25. The number of ether oxygens (including phenoxy) is 1. The van der Waals surface area contributed by atoms with Gasteiger partial charge in [0.15, 0.2) is 11.0 Å². The molecule has 3 rings (SSSR count). The molecule has 2 aromatic rings. The lowest BCUT2D eigenvalue weighted by molar-refractivity contribution is -0.0514. The Kier molecular flexibility index (Phi) is 4.00. The molecule has 0 spiro atoms. The van der Waals surface area contributed by atoms with Gasteiger partial charge in [0, 0.05) is 5.02 Å². The fourth-order valence-corrected chi connectivity index (χ4v) is 3.33. The number of fused-ring (bicyclic) bond motifs is 1. The molecule has 1 aliphatic rings. The lowest BCUT2D eigenvalue weighted by atomic mass is 10.1. The normalized spacial score (nSPS) is 29.4. The number of aromatic amines is 1. The van der Waals surface area contributed by atoms with Crippen molar-refractivity contribution in [2.75, 3.05) is 6.61 Å². The summed E-state index contributed by atoms with van der Waals surface area (Å²) in [6, 6.07) is 3.20. The van der Waals surface area contributed by atoms with E-state index in [-0.39, 0.29) is 4.77 Å². The SMILES string of the molecule is OC[C@H]1O[C@@H](n2c(=S)[nH]c3c(Cl)cc(Cl)cc32)[C@H](O)[C@@H]1O. The quantitative estimate of drug-likeness (QED) is 0.618. The Bertz CT molecular complexity index is 747. The standard InChI is InChI=1S/C12H12Cl2N2O4S/c13-4-1-5(14)8-6(2-4)16(12(21)15-8)11-10(19)9(18)7(3-17)20-11/h1-2,7,9-11,17-19H,3H2,(H,15,21)/t7-,9-,10-,11-/m1/s1. The number of nitrogens with one attached hydrogen (secondary N) is 1. The van der Waals surface area contributed by atoms with E-state index in [1.54, 1.807) is 12.1 Å². The van der Waals surface area contributed by atoms with Gasteiger partial charge in [0.2, 0.25) is 0 Å². The number of aromatic nitrogens is 2. The molecule has 0 unspecified atom stereocenters. The number of aliphatic hydroxyl groups is 3. The van der Waals surface area contributed by atoms with Crippen molar-refractivity contribution in [3.05, 3.63) is 26.9 Å². The van der Waals surface area contributed by atoms with E-state index in [9.17, 15) is 10.2 Å². The van der Waals surface area contributed by atoms with Crippen LogP contribution >= 0.6 is 35.4 Å². The third-order valence-electron chi connectivity index (χ3n) is 3.52. The number of benzene rings is 1. The van der Waals surface area contributed by atoms with Crippen molar-refractivity contribution in [2.45, 2.75) is 24.5 Å². The number of hydrogen-bond acceptors (Lipinski definition) is 5. The van der Waals surface area contributed by atoms with E-state index in [1.807, 2.05) is 0 Å². The molecule has 1 fully saturated rings. The Morgan fingerprint density at radius 3 is 2.62 bits per heavy atom. The number of hydrogen-bond donors (Lipinski definition) is 4. The van der Waals surface area contributed by atoms with Crippen LogP contribution in [0.4, 0.5) is 0 Å². The van der Waals surface area contributed by atoms with Gasteiger partial charge in [0.25, 0.3) is 0 Å². The first-order valence-corrected chi connectivity index (χ1v) is 7.32. The minimum absolute atomic E-state index is 0.268. The average molecular weight is 351 g/mol. The van der Waals surface area contributed by atoms with E-state index < -0.39 is 31.1 Å². The van der Waals surface area contributed by atoms with Gasteiger partial charge in [-0.15, -0.1) is 0 Å². The molecule has 9 heteroatoms. The second-order valence-corrected chi connectivity index (χ2v) is 6.04. The summed E-state index contributed by atoms with van der Waals surface area (Å²) >= 11 is 17.3. The van der Waals surface area contributed by atoms with Crippen LogP contribution in [0.1, 0.15) is 6.23 Å². The van der Waals surface area contributed by atoms with Crippen molar-refractivity contribution >= 4 is 46.5 Å². The van der Waals surface area contributed by atoms with Crippen molar-refractivity contribution < 1.29 is 20.1 Å². The molecule has 0 aliphatic carbocycles. The first-order chi connectivity index (χ1) is 9.93. The maximum atomic E-state index is 10.1. The molecule has 21 heavy (non-hydrogen) atoms. The summed E-state index contributed by atoms with van der Waals surface area (Å²) in [5.41, 5.74) is 1.11. The maximum absolute atomic E-state index is 10.1. The molecule has 1 aromatic carbocycles. The second kappa shape index (κ2) is 5.51. The van der Waals surface area contributed by atoms with E-state index in [1.165, 1.54) is 4.57 Å². The van der Waals surface area contributed by atoms with Crippen LogP contribution in [0.25, 0.3) is 11.0 Å². The van der Waals surface area contributed by atoms with Crippen LogP contribution in [-0.4, -0.2) is 49.8 Å². The summed E-state index contributed by atoms with van der Waals surface area (Å²) in [7, 11) is 0. The highest BCUT2D eigenvalue weighted by atomic mass is 35.5. The highest BCUT2D eigenvalue weighted by Crippen LogP contribution is 2.35. The molecule has 1 saturated heterocycles. The van der Waals surface area contributed by atoms with E-state index in [4.69, 9.17) is 45.3 Å². The van der Waals surface area contributed by atoms with Gasteiger partial charge in [-0.05, 0) is 24.4 Å². The van der Waals surface area contributed by atoms with Crippen LogP contribution in [0, 0.1) is 4.77 Å². The number of imidazole rings is 1. The predicted molar refractivity (Wildman–Crippen MR) is 80.2 cm³/mol. The lowest BCUT2D eigenvalue weighted by Gasteiger charge is -2.17. The molecular weight excluding hydrogens is 339 g/mol. The molecule has 0 bridgehead atoms. The zero-order chi connectivity index (χ0) is 15.3. The van der Waals surface area contributed by atoms with Crippen molar-refractivity contribution in [3.63, 3.8) is 0 Å². The molecular formula is C12H12Cl2N2O4S. The highest BCUT2D eigenvalue weighted by Gasteiger charge is 2.44. The van der Waals surface area contributed by atoms with Crippen LogP contribution < -0.4 is 0 Å². The van der Waals surface area contributed by atoms with E-state index in [0.717, 1.165) is 0 Å². The third-order valence-corrected chi connectivity index (χ3v) is 4.33. The van der Waals surface area contributed by atoms with Crippen molar-refractivity contribution in [3.8, 4) is 0 Å². The molecule has 0 radical (unpaired) electrons. The Balaban J connectivity index is 2.17. The fraction of sp³-hybridized carbons (Fsp3) is 0.417.